The van der Waals surface area contributed by atoms with Crippen molar-refractivity contribution in [2.45, 2.75) is 12.0 Å². The van der Waals surface area contributed by atoms with Gasteiger partial charge < -0.3 is 19.5 Å². The monoisotopic (exact) mass is 306 g/mol. The molecule has 1 aliphatic carbocycles. The van der Waals surface area contributed by atoms with Crippen LogP contribution in [0, 0.1) is 0 Å². The van der Waals surface area contributed by atoms with Crippen LogP contribution in [0.5, 0.6) is 0 Å². The van der Waals surface area contributed by atoms with Crippen molar-refractivity contribution in [1.82, 2.24) is 0 Å². The lowest BCUT2D eigenvalue weighted by Crippen LogP contribution is -2.37. The van der Waals surface area contributed by atoms with E-state index in [1.54, 1.807) is 24.3 Å². The number of ether oxygens (including phenoxy) is 1. The van der Waals surface area contributed by atoms with Crippen LogP contribution in [-0.2, 0) is 15.9 Å². The van der Waals surface area contributed by atoms with Gasteiger partial charge in [-0.1, -0.05) is 22.0 Å². The van der Waals surface area contributed by atoms with Gasteiger partial charge in [-0.15, -0.1) is 0 Å². The second-order valence-electron chi connectivity index (χ2n) is 3.41. The average Bonchev–Trinajstić information content (AvgIpc) is 2.25. The van der Waals surface area contributed by atoms with Crippen molar-refractivity contribution in [3.8, 4) is 0 Å². The number of hydrogen-bond donors (Lipinski definition) is 2. The van der Waals surface area contributed by atoms with E-state index < -0.39 is 23.2 Å². The maximum absolute atomic E-state index is 11.5. The zero-order chi connectivity index (χ0) is 12.3. The molecule has 88 valence electrons. The van der Waals surface area contributed by atoms with E-state index in [0.717, 1.165) is 12.3 Å². The number of hydrogen-bond acceptors (Lipinski definition) is 4. The summed E-state index contributed by atoms with van der Waals surface area (Å²) in [6.45, 7) is 0. The first kappa shape index (κ1) is 14.0. The van der Waals surface area contributed by atoms with E-state index in [-0.39, 0.29) is 0 Å². The third kappa shape index (κ3) is 4.44. The van der Waals surface area contributed by atoms with Crippen molar-refractivity contribution in [2.75, 3.05) is 6.26 Å². The van der Waals surface area contributed by atoms with Crippen LogP contribution in [0.1, 0.15) is 0 Å². The summed E-state index contributed by atoms with van der Waals surface area (Å²) in [5, 5.41) is 18.3. The van der Waals surface area contributed by atoms with Gasteiger partial charge >= 0.3 is 0 Å². The Morgan fingerprint density at radius 3 is 2.75 bits per heavy atom. The molecule has 0 heterocycles. The first-order chi connectivity index (χ1) is 7.29. The molecule has 2 N–H and O–H groups in total. The Kier molecular flexibility index (Phi) is 4.84. The summed E-state index contributed by atoms with van der Waals surface area (Å²) < 4.78 is 17.2. The molecule has 4 nitrogen and oxygen atoms in total. The minimum Gasteiger partial charge on any atom is -0.612 e. The number of halogens is 1. The molecule has 16 heavy (non-hydrogen) atoms. The standard InChI is InChI=1S/C9H12BBrO4S/c1-16(14)8-5-6(11)3-2-4-7(8)15-9(10,12)13/h2-5,7,12-13H,10H2,1H3. The van der Waals surface area contributed by atoms with Gasteiger partial charge in [0.2, 0.25) is 13.7 Å². The lowest BCUT2D eigenvalue weighted by Gasteiger charge is -2.24. The smallest absolute Gasteiger partial charge is 0.226 e. The summed E-state index contributed by atoms with van der Waals surface area (Å²) in [7, 11) is 1.10. The van der Waals surface area contributed by atoms with Crippen molar-refractivity contribution < 1.29 is 19.5 Å². The Balaban J connectivity index is 2.95. The minimum atomic E-state index is -2.26. The zero-order valence-electron chi connectivity index (χ0n) is 8.88. The molecule has 0 saturated carbocycles. The fraction of sp³-hybridized carbons (Fsp3) is 0.333. The van der Waals surface area contributed by atoms with Crippen molar-refractivity contribution in [3.05, 3.63) is 33.7 Å². The summed E-state index contributed by atoms with van der Waals surface area (Å²) >= 11 is 2.02. The molecule has 0 aliphatic heterocycles. The molecular weight excluding hydrogens is 295 g/mol. The van der Waals surface area contributed by atoms with E-state index in [4.69, 9.17) is 4.74 Å². The Morgan fingerprint density at radius 2 is 2.25 bits per heavy atom. The molecule has 1 aliphatic rings. The predicted octanol–water partition coefficient (Wildman–Crippen LogP) is -0.288. The molecule has 0 aromatic rings. The fourth-order valence-corrected chi connectivity index (χ4v) is 2.49. The summed E-state index contributed by atoms with van der Waals surface area (Å²) in [6, 6.07) is 0. The predicted molar refractivity (Wildman–Crippen MR) is 68.9 cm³/mol. The van der Waals surface area contributed by atoms with E-state index in [1.807, 2.05) is 0 Å². The van der Waals surface area contributed by atoms with E-state index in [9.17, 15) is 14.8 Å². The fourth-order valence-electron chi connectivity index (χ4n) is 1.19. The van der Waals surface area contributed by atoms with Crippen LogP contribution in [0.15, 0.2) is 33.7 Å². The van der Waals surface area contributed by atoms with Crippen molar-refractivity contribution in [3.63, 3.8) is 0 Å². The van der Waals surface area contributed by atoms with Crippen LogP contribution in [-0.4, -0.2) is 40.8 Å². The Hall–Kier alpha value is -0.0451. The van der Waals surface area contributed by atoms with Gasteiger partial charge in [0.1, 0.15) is 12.4 Å². The van der Waals surface area contributed by atoms with Gasteiger partial charge in [0.15, 0.2) is 4.91 Å². The van der Waals surface area contributed by atoms with Crippen LogP contribution in [0.2, 0.25) is 0 Å². The topological polar surface area (TPSA) is 72.8 Å². The SMILES string of the molecule is BC(O)(O)OC1C=CC=C(Br)C=C1[S+](C)[O-]. The Labute approximate surface area is 106 Å². The van der Waals surface area contributed by atoms with Crippen LogP contribution in [0.25, 0.3) is 0 Å². The first-order valence-corrected chi connectivity index (χ1v) is 6.86. The normalized spacial score (nSPS) is 23.4. The summed E-state index contributed by atoms with van der Waals surface area (Å²) in [4.78, 5) is 0.464. The van der Waals surface area contributed by atoms with Gasteiger partial charge in [0.25, 0.3) is 0 Å². The molecule has 0 aromatic carbocycles. The molecule has 0 saturated heterocycles. The highest BCUT2D eigenvalue weighted by atomic mass is 79.9. The van der Waals surface area contributed by atoms with Crippen molar-refractivity contribution in [1.29, 1.82) is 0 Å². The molecule has 2 atom stereocenters. The number of allylic oxidation sites excluding steroid dienone is 4. The Morgan fingerprint density at radius 1 is 1.62 bits per heavy atom. The van der Waals surface area contributed by atoms with Crippen molar-refractivity contribution in [2.24, 2.45) is 0 Å². The number of aliphatic hydroxyl groups is 2. The van der Waals surface area contributed by atoms with E-state index in [2.05, 4.69) is 15.9 Å². The minimum absolute atomic E-state index is 0.464. The molecular formula is C9H12BBrO4S. The van der Waals surface area contributed by atoms with E-state index in [0.29, 0.717) is 4.91 Å². The van der Waals surface area contributed by atoms with Crippen LogP contribution < -0.4 is 0 Å². The van der Waals surface area contributed by atoms with Gasteiger partial charge in [-0.25, -0.2) is 0 Å². The quantitative estimate of drug-likeness (QED) is 0.427. The van der Waals surface area contributed by atoms with E-state index >= 15 is 0 Å². The lowest BCUT2D eigenvalue weighted by atomic mass is 10.1. The molecule has 0 amide bonds. The Bertz CT molecular complexity index is 346. The molecule has 0 fully saturated rings. The summed E-state index contributed by atoms with van der Waals surface area (Å²) in [5.74, 6) is -2.26. The van der Waals surface area contributed by atoms with Gasteiger partial charge in [-0.3, -0.25) is 0 Å². The molecule has 1 rings (SSSR count). The van der Waals surface area contributed by atoms with Gasteiger partial charge in [0, 0.05) is 10.6 Å². The molecule has 0 radical (unpaired) electrons. The number of rotatable bonds is 3. The molecule has 0 aromatic heterocycles. The van der Waals surface area contributed by atoms with Gasteiger partial charge in [-0.2, -0.15) is 0 Å². The third-order valence-electron chi connectivity index (χ3n) is 1.78. The first-order valence-electron chi connectivity index (χ1n) is 4.51. The maximum Gasteiger partial charge on any atom is 0.226 e. The second-order valence-corrected chi connectivity index (χ2v) is 5.70. The van der Waals surface area contributed by atoms with Crippen LogP contribution in [0.4, 0.5) is 0 Å². The van der Waals surface area contributed by atoms with Gasteiger partial charge in [0.05, 0.1) is 0 Å². The summed E-state index contributed by atoms with van der Waals surface area (Å²) in [6.07, 6.45) is 7.48. The highest BCUT2D eigenvalue weighted by Gasteiger charge is 2.29. The third-order valence-corrected chi connectivity index (χ3v) is 3.29. The molecule has 7 heteroatoms. The highest BCUT2D eigenvalue weighted by Crippen LogP contribution is 2.24. The van der Waals surface area contributed by atoms with Crippen LogP contribution >= 0.6 is 15.9 Å². The van der Waals surface area contributed by atoms with Gasteiger partial charge in [-0.05, 0) is 23.3 Å². The molecule has 0 bridgehead atoms. The second kappa shape index (κ2) is 5.53. The van der Waals surface area contributed by atoms with E-state index in [1.165, 1.54) is 6.26 Å². The average molecular weight is 307 g/mol. The molecule has 2 unspecified atom stereocenters. The summed E-state index contributed by atoms with van der Waals surface area (Å²) in [5.41, 5.74) is 0. The van der Waals surface area contributed by atoms with Crippen LogP contribution in [0.3, 0.4) is 0 Å². The largest absolute Gasteiger partial charge is 0.612 e. The zero-order valence-corrected chi connectivity index (χ0v) is 11.3. The van der Waals surface area contributed by atoms with Crippen molar-refractivity contribution >= 4 is 35.0 Å². The maximum atomic E-state index is 11.5. The highest BCUT2D eigenvalue weighted by molar-refractivity contribution is 9.11. The lowest BCUT2D eigenvalue weighted by molar-refractivity contribution is -0.281. The molecule has 0 spiro atoms.